The Hall–Kier alpha value is -4.14. The largest absolute Gasteiger partial charge is 0.488 e. The number of carbonyl (C=O) groups is 1. The Morgan fingerprint density at radius 1 is 1.06 bits per heavy atom. The summed E-state index contributed by atoms with van der Waals surface area (Å²) in [7, 11) is 0. The summed E-state index contributed by atoms with van der Waals surface area (Å²) in [4.78, 5) is 12.9. The second-order valence-corrected chi connectivity index (χ2v) is 6.67. The van der Waals surface area contributed by atoms with Crippen molar-refractivity contribution in [3.05, 3.63) is 95.3 Å². The number of hydrogen-bond donors (Lipinski definition) is 1. The molecule has 3 aromatic carbocycles. The van der Waals surface area contributed by atoms with Gasteiger partial charge in [-0.3, -0.25) is 4.79 Å². The molecule has 4 rings (SSSR count). The highest BCUT2D eigenvalue weighted by atomic mass is 19.1. The number of tetrazole rings is 1. The van der Waals surface area contributed by atoms with E-state index in [0.29, 0.717) is 22.8 Å². The van der Waals surface area contributed by atoms with Crippen LogP contribution in [0.5, 0.6) is 5.75 Å². The molecule has 0 bridgehead atoms. The van der Waals surface area contributed by atoms with Crippen molar-refractivity contribution in [2.75, 3.05) is 5.32 Å². The van der Waals surface area contributed by atoms with E-state index < -0.39 is 11.7 Å². The van der Waals surface area contributed by atoms with Crippen molar-refractivity contribution in [2.24, 2.45) is 0 Å². The Balaban J connectivity index is 1.53. The average molecular weight is 421 g/mol. The van der Waals surface area contributed by atoms with Gasteiger partial charge in [0.2, 0.25) is 0 Å². The van der Waals surface area contributed by atoms with E-state index in [0.717, 1.165) is 5.56 Å². The molecule has 7 nitrogen and oxygen atoms in total. The third kappa shape index (κ3) is 4.55. The van der Waals surface area contributed by atoms with E-state index in [1.807, 2.05) is 0 Å². The number of halogens is 2. The van der Waals surface area contributed by atoms with Gasteiger partial charge in [-0.15, -0.1) is 5.10 Å². The molecule has 1 N–H and O–H groups in total. The summed E-state index contributed by atoms with van der Waals surface area (Å²) in [6, 6.07) is 16.8. The number of hydrogen-bond acceptors (Lipinski definition) is 5. The van der Waals surface area contributed by atoms with Crippen LogP contribution in [0.3, 0.4) is 0 Å². The number of nitrogens with one attached hydrogen (secondary N) is 1. The third-order valence-corrected chi connectivity index (χ3v) is 4.50. The summed E-state index contributed by atoms with van der Waals surface area (Å²) in [5, 5.41) is 13.7. The number of nitrogens with zero attached hydrogens (tertiary/aromatic N) is 4. The lowest BCUT2D eigenvalue weighted by molar-refractivity contribution is 0.102. The van der Waals surface area contributed by atoms with Gasteiger partial charge in [0.15, 0.2) is 5.82 Å². The molecule has 31 heavy (non-hydrogen) atoms. The van der Waals surface area contributed by atoms with Crippen molar-refractivity contribution in [3.63, 3.8) is 0 Å². The van der Waals surface area contributed by atoms with Crippen LogP contribution in [0.4, 0.5) is 14.5 Å². The minimum absolute atomic E-state index is 0.112. The van der Waals surface area contributed by atoms with E-state index in [1.165, 1.54) is 35.0 Å². The van der Waals surface area contributed by atoms with Crippen LogP contribution in [0, 0.1) is 18.6 Å². The van der Waals surface area contributed by atoms with E-state index >= 15 is 0 Å². The van der Waals surface area contributed by atoms with E-state index in [-0.39, 0.29) is 18.1 Å². The SMILES string of the molecule is Cc1nnnn1-c1cc(NC(=O)c2ccccc2OCc2ccc(F)cc2)ccc1F. The number of aryl methyl sites for hydroxylation is 1. The smallest absolute Gasteiger partial charge is 0.259 e. The molecule has 156 valence electrons. The molecule has 9 heteroatoms. The molecule has 0 aliphatic heterocycles. The Morgan fingerprint density at radius 3 is 2.58 bits per heavy atom. The first-order valence-corrected chi connectivity index (χ1v) is 9.34. The first kappa shape index (κ1) is 20.1. The van der Waals surface area contributed by atoms with Crippen molar-refractivity contribution in [3.8, 4) is 11.4 Å². The van der Waals surface area contributed by atoms with Crippen LogP contribution in [0.15, 0.2) is 66.7 Å². The molecule has 0 saturated carbocycles. The zero-order valence-electron chi connectivity index (χ0n) is 16.4. The Labute approximate surface area is 176 Å². The maximum atomic E-state index is 14.3. The van der Waals surface area contributed by atoms with Crippen LogP contribution in [0.1, 0.15) is 21.7 Å². The van der Waals surface area contributed by atoms with Gasteiger partial charge < -0.3 is 10.1 Å². The Kier molecular flexibility index (Phi) is 5.65. The van der Waals surface area contributed by atoms with Crippen molar-refractivity contribution in [1.29, 1.82) is 0 Å². The number of amides is 1. The molecule has 0 unspecified atom stereocenters. The predicted octanol–water partition coefficient (Wildman–Crippen LogP) is 4.08. The van der Waals surface area contributed by atoms with Gasteiger partial charge in [0, 0.05) is 5.69 Å². The maximum absolute atomic E-state index is 14.3. The fourth-order valence-electron chi connectivity index (χ4n) is 2.93. The number of rotatable bonds is 6. The van der Waals surface area contributed by atoms with E-state index in [9.17, 15) is 13.6 Å². The molecule has 0 spiro atoms. The molecule has 0 radical (unpaired) electrons. The molecule has 1 aromatic heterocycles. The highest BCUT2D eigenvalue weighted by molar-refractivity contribution is 6.06. The minimum Gasteiger partial charge on any atom is -0.488 e. The topological polar surface area (TPSA) is 81.9 Å². The van der Waals surface area contributed by atoms with Gasteiger partial charge in [0.05, 0.1) is 5.56 Å². The fraction of sp³-hybridized carbons (Fsp3) is 0.0909. The first-order valence-electron chi connectivity index (χ1n) is 9.34. The standard InChI is InChI=1S/C22H17F2N5O2/c1-14-26-27-28-29(14)20-12-17(10-11-19(20)24)25-22(30)18-4-2-3-5-21(18)31-13-15-6-8-16(23)9-7-15/h2-12H,13H2,1H3,(H,25,30). The quantitative estimate of drug-likeness (QED) is 0.507. The summed E-state index contributed by atoms with van der Waals surface area (Å²) in [5.41, 5.74) is 1.54. The summed E-state index contributed by atoms with van der Waals surface area (Å²) in [6.45, 7) is 1.81. The summed E-state index contributed by atoms with van der Waals surface area (Å²) in [6.07, 6.45) is 0. The molecule has 4 aromatic rings. The van der Waals surface area contributed by atoms with Crippen LogP contribution < -0.4 is 10.1 Å². The van der Waals surface area contributed by atoms with Gasteiger partial charge in [-0.2, -0.15) is 4.68 Å². The fourth-order valence-corrected chi connectivity index (χ4v) is 2.93. The van der Waals surface area contributed by atoms with Crippen molar-refractivity contribution in [2.45, 2.75) is 13.5 Å². The number of aromatic nitrogens is 4. The highest BCUT2D eigenvalue weighted by Gasteiger charge is 2.15. The van der Waals surface area contributed by atoms with Gasteiger partial charge in [-0.25, -0.2) is 8.78 Å². The molecular formula is C22H17F2N5O2. The maximum Gasteiger partial charge on any atom is 0.259 e. The van der Waals surface area contributed by atoms with Gasteiger partial charge in [-0.05, 0) is 65.4 Å². The van der Waals surface area contributed by atoms with Gasteiger partial charge in [-0.1, -0.05) is 24.3 Å². The minimum atomic E-state index is -0.531. The summed E-state index contributed by atoms with van der Waals surface area (Å²) >= 11 is 0. The number of benzene rings is 3. The van der Waals surface area contributed by atoms with Crippen LogP contribution >= 0.6 is 0 Å². The van der Waals surface area contributed by atoms with Crippen LogP contribution in [-0.4, -0.2) is 26.1 Å². The number of anilines is 1. The number of carbonyl (C=O) groups excluding carboxylic acids is 1. The van der Waals surface area contributed by atoms with Crippen molar-refractivity contribution in [1.82, 2.24) is 20.2 Å². The zero-order chi connectivity index (χ0) is 21.8. The van der Waals surface area contributed by atoms with E-state index in [4.69, 9.17) is 4.74 Å². The van der Waals surface area contributed by atoms with Gasteiger partial charge in [0.25, 0.3) is 5.91 Å². The van der Waals surface area contributed by atoms with Crippen LogP contribution in [-0.2, 0) is 6.61 Å². The Morgan fingerprint density at radius 2 is 1.84 bits per heavy atom. The molecule has 0 aliphatic carbocycles. The lowest BCUT2D eigenvalue weighted by Crippen LogP contribution is -2.14. The van der Waals surface area contributed by atoms with Crippen molar-refractivity contribution < 1.29 is 18.3 Å². The monoisotopic (exact) mass is 421 g/mol. The van der Waals surface area contributed by atoms with E-state index in [2.05, 4.69) is 20.8 Å². The molecule has 0 fully saturated rings. The predicted molar refractivity (Wildman–Crippen MR) is 109 cm³/mol. The molecule has 0 aliphatic rings. The lowest BCUT2D eigenvalue weighted by atomic mass is 10.1. The molecule has 0 atom stereocenters. The zero-order valence-corrected chi connectivity index (χ0v) is 16.4. The normalized spacial score (nSPS) is 10.7. The van der Waals surface area contributed by atoms with Gasteiger partial charge in [0.1, 0.15) is 29.7 Å². The van der Waals surface area contributed by atoms with Crippen LogP contribution in [0.25, 0.3) is 5.69 Å². The molecule has 0 saturated heterocycles. The highest BCUT2D eigenvalue weighted by Crippen LogP contribution is 2.23. The second kappa shape index (κ2) is 8.70. The number of ether oxygens (including phenoxy) is 1. The summed E-state index contributed by atoms with van der Waals surface area (Å²) in [5.74, 6) is -0.527. The first-order chi connectivity index (χ1) is 15.0. The molecule has 1 heterocycles. The third-order valence-electron chi connectivity index (χ3n) is 4.50. The lowest BCUT2D eigenvalue weighted by Gasteiger charge is -2.13. The van der Waals surface area contributed by atoms with Crippen LogP contribution in [0.2, 0.25) is 0 Å². The van der Waals surface area contributed by atoms with Crippen molar-refractivity contribution >= 4 is 11.6 Å². The Bertz CT molecular complexity index is 1220. The summed E-state index contributed by atoms with van der Waals surface area (Å²) < 4.78 is 34.3. The molecule has 1 amide bonds. The van der Waals surface area contributed by atoms with Gasteiger partial charge >= 0.3 is 0 Å². The average Bonchev–Trinajstić information content (AvgIpc) is 3.20. The number of para-hydroxylation sites is 1. The second-order valence-electron chi connectivity index (χ2n) is 6.67. The molecular weight excluding hydrogens is 404 g/mol. The van der Waals surface area contributed by atoms with E-state index in [1.54, 1.807) is 43.3 Å².